The predicted molar refractivity (Wildman–Crippen MR) is 82.2 cm³/mol. The Labute approximate surface area is 128 Å². The number of halogens is 2. The molecule has 1 N–H and O–H groups in total. The van der Waals surface area contributed by atoms with Gasteiger partial charge in [-0.2, -0.15) is 0 Å². The standard InChI is InChI=1S/C16H21BrFNO/c1-2-11-3-5-12(6-4-11)10-19-16(20)14-8-7-13(18)9-15(14)17/h7-9,11-12H,2-6,10H2,1H3,(H,19,20). The minimum atomic E-state index is -0.341. The Morgan fingerprint density at radius 1 is 1.30 bits per heavy atom. The number of rotatable bonds is 4. The summed E-state index contributed by atoms with van der Waals surface area (Å²) in [5, 5.41) is 2.97. The van der Waals surface area contributed by atoms with Crippen molar-refractivity contribution in [1.82, 2.24) is 5.32 Å². The van der Waals surface area contributed by atoms with Crippen LogP contribution in [0.15, 0.2) is 22.7 Å². The first-order valence-electron chi connectivity index (χ1n) is 7.33. The first-order chi connectivity index (χ1) is 9.60. The van der Waals surface area contributed by atoms with Crippen molar-refractivity contribution in [3.63, 3.8) is 0 Å². The van der Waals surface area contributed by atoms with Crippen LogP contribution in [0.3, 0.4) is 0 Å². The molecule has 1 aromatic rings. The summed E-state index contributed by atoms with van der Waals surface area (Å²) in [5.74, 6) is 0.981. The Morgan fingerprint density at radius 3 is 2.55 bits per heavy atom. The van der Waals surface area contributed by atoms with Crippen molar-refractivity contribution in [2.45, 2.75) is 39.0 Å². The quantitative estimate of drug-likeness (QED) is 0.856. The minimum Gasteiger partial charge on any atom is -0.352 e. The first kappa shape index (κ1) is 15.5. The third-order valence-electron chi connectivity index (χ3n) is 4.27. The van der Waals surface area contributed by atoms with Gasteiger partial charge in [-0.05, 0) is 58.8 Å². The van der Waals surface area contributed by atoms with Crippen molar-refractivity contribution in [3.05, 3.63) is 34.1 Å². The van der Waals surface area contributed by atoms with Gasteiger partial charge in [0, 0.05) is 11.0 Å². The third kappa shape index (κ3) is 4.05. The van der Waals surface area contributed by atoms with Gasteiger partial charge >= 0.3 is 0 Å². The van der Waals surface area contributed by atoms with Crippen LogP contribution in [-0.2, 0) is 0 Å². The maximum Gasteiger partial charge on any atom is 0.252 e. The van der Waals surface area contributed by atoms with Crippen LogP contribution in [0.1, 0.15) is 49.4 Å². The van der Waals surface area contributed by atoms with E-state index < -0.39 is 0 Å². The van der Waals surface area contributed by atoms with E-state index in [2.05, 4.69) is 28.2 Å². The highest BCUT2D eigenvalue weighted by Crippen LogP contribution is 2.30. The molecule has 2 nitrogen and oxygen atoms in total. The topological polar surface area (TPSA) is 29.1 Å². The highest BCUT2D eigenvalue weighted by atomic mass is 79.9. The molecule has 1 aliphatic carbocycles. The van der Waals surface area contributed by atoms with Crippen LogP contribution in [-0.4, -0.2) is 12.5 Å². The van der Waals surface area contributed by atoms with Crippen LogP contribution in [0, 0.1) is 17.7 Å². The molecule has 0 aliphatic heterocycles. The normalized spacial score (nSPS) is 22.6. The second-order valence-electron chi connectivity index (χ2n) is 5.63. The van der Waals surface area contributed by atoms with E-state index in [1.165, 1.54) is 50.3 Å². The largest absolute Gasteiger partial charge is 0.352 e. The Hall–Kier alpha value is -0.900. The average Bonchev–Trinajstić information content (AvgIpc) is 2.45. The number of hydrogen-bond acceptors (Lipinski definition) is 1. The smallest absolute Gasteiger partial charge is 0.252 e. The van der Waals surface area contributed by atoms with Gasteiger partial charge in [-0.3, -0.25) is 4.79 Å². The number of carbonyl (C=O) groups is 1. The molecule has 1 aromatic carbocycles. The zero-order valence-corrected chi connectivity index (χ0v) is 13.4. The molecule has 1 aliphatic rings. The lowest BCUT2D eigenvalue weighted by Crippen LogP contribution is -2.31. The van der Waals surface area contributed by atoms with Crippen LogP contribution < -0.4 is 5.32 Å². The van der Waals surface area contributed by atoms with Gasteiger partial charge in [0.05, 0.1) is 5.56 Å². The minimum absolute atomic E-state index is 0.130. The number of hydrogen-bond donors (Lipinski definition) is 1. The van der Waals surface area contributed by atoms with Crippen molar-refractivity contribution in [2.75, 3.05) is 6.54 Å². The summed E-state index contributed by atoms with van der Waals surface area (Å²) in [6.07, 6.45) is 6.21. The van der Waals surface area contributed by atoms with Gasteiger partial charge in [0.15, 0.2) is 0 Å². The lowest BCUT2D eigenvalue weighted by Gasteiger charge is -2.27. The molecule has 1 saturated carbocycles. The first-order valence-corrected chi connectivity index (χ1v) is 8.12. The number of benzene rings is 1. The van der Waals surface area contributed by atoms with E-state index in [1.807, 2.05) is 0 Å². The Morgan fingerprint density at radius 2 is 1.95 bits per heavy atom. The van der Waals surface area contributed by atoms with Gasteiger partial charge in [-0.1, -0.05) is 26.2 Å². The molecule has 0 aromatic heterocycles. The summed E-state index contributed by atoms with van der Waals surface area (Å²) in [4.78, 5) is 12.1. The molecule has 0 radical (unpaired) electrons. The van der Waals surface area contributed by atoms with Gasteiger partial charge in [0.1, 0.15) is 5.82 Å². The lowest BCUT2D eigenvalue weighted by atomic mass is 9.81. The van der Waals surface area contributed by atoms with Gasteiger partial charge in [0.2, 0.25) is 0 Å². The van der Waals surface area contributed by atoms with Crippen LogP contribution in [0.25, 0.3) is 0 Å². The summed E-state index contributed by atoms with van der Waals surface area (Å²) >= 11 is 3.23. The summed E-state index contributed by atoms with van der Waals surface area (Å²) in [7, 11) is 0. The molecule has 1 amide bonds. The SMILES string of the molecule is CCC1CCC(CNC(=O)c2ccc(F)cc2Br)CC1. The van der Waals surface area contributed by atoms with Crippen molar-refractivity contribution in [1.29, 1.82) is 0 Å². The van der Waals surface area contributed by atoms with E-state index in [9.17, 15) is 9.18 Å². The van der Waals surface area contributed by atoms with E-state index in [0.29, 0.717) is 16.0 Å². The zero-order valence-electron chi connectivity index (χ0n) is 11.8. The molecule has 0 bridgehead atoms. The molecular weight excluding hydrogens is 321 g/mol. The molecule has 20 heavy (non-hydrogen) atoms. The zero-order chi connectivity index (χ0) is 14.5. The molecule has 0 unspecified atom stereocenters. The van der Waals surface area contributed by atoms with Gasteiger partial charge in [-0.15, -0.1) is 0 Å². The van der Waals surface area contributed by atoms with E-state index in [1.54, 1.807) is 0 Å². The summed E-state index contributed by atoms with van der Waals surface area (Å²) in [6, 6.07) is 4.15. The summed E-state index contributed by atoms with van der Waals surface area (Å²) in [5.41, 5.74) is 0.494. The fourth-order valence-corrected chi connectivity index (χ4v) is 3.38. The molecule has 110 valence electrons. The fourth-order valence-electron chi connectivity index (χ4n) is 2.85. The fraction of sp³-hybridized carbons (Fsp3) is 0.562. The molecule has 4 heteroatoms. The molecule has 0 heterocycles. The molecule has 0 saturated heterocycles. The molecular formula is C16H21BrFNO. The molecule has 1 fully saturated rings. The number of amides is 1. The van der Waals surface area contributed by atoms with Gasteiger partial charge in [0.25, 0.3) is 5.91 Å². The van der Waals surface area contributed by atoms with Crippen molar-refractivity contribution >= 4 is 21.8 Å². The molecule has 0 spiro atoms. The van der Waals surface area contributed by atoms with Crippen LogP contribution in [0.2, 0.25) is 0 Å². The van der Waals surface area contributed by atoms with Crippen molar-refractivity contribution in [3.8, 4) is 0 Å². The maximum absolute atomic E-state index is 13.0. The van der Waals surface area contributed by atoms with E-state index in [0.717, 1.165) is 12.5 Å². The molecule has 0 atom stereocenters. The summed E-state index contributed by atoms with van der Waals surface area (Å²) in [6.45, 7) is 2.97. The van der Waals surface area contributed by atoms with E-state index in [-0.39, 0.29) is 11.7 Å². The van der Waals surface area contributed by atoms with Crippen LogP contribution >= 0.6 is 15.9 Å². The highest BCUT2D eigenvalue weighted by molar-refractivity contribution is 9.10. The maximum atomic E-state index is 13.0. The van der Waals surface area contributed by atoms with Gasteiger partial charge in [-0.25, -0.2) is 4.39 Å². The number of carbonyl (C=O) groups excluding carboxylic acids is 1. The Bertz CT molecular complexity index is 470. The van der Waals surface area contributed by atoms with Crippen LogP contribution in [0.4, 0.5) is 4.39 Å². The second kappa shape index (κ2) is 7.21. The van der Waals surface area contributed by atoms with Crippen molar-refractivity contribution < 1.29 is 9.18 Å². The highest BCUT2D eigenvalue weighted by Gasteiger charge is 2.20. The third-order valence-corrected chi connectivity index (χ3v) is 4.93. The summed E-state index contributed by atoms with van der Waals surface area (Å²) < 4.78 is 13.5. The molecule has 2 rings (SSSR count). The van der Waals surface area contributed by atoms with Crippen molar-refractivity contribution in [2.24, 2.45) is 11.8 Å². The second-order valence-corrected chi connectivity index (χ2v) is 6.48. The van der Waals surface area contributed by atoms with E-state index in [4.69, 9.17) is 0 Å². The monoisotopic (exact) mass is 341 g/mol. The average molecular weight is 342 g/mol. The van der Waals surface area contributed by atoms with Gasteiger partial charge < -0.3 is 5.32 Å². The lowest BCUT2D eigenvalue weighted by molar-refractivity contribution is 0.0940. The predicted octanol–water partition coefficient (Wildman–Crippen LogP) is 4.53. The Balaban J connectivity index is 1.83. The Kier molecular flexibility index (Phi) is 5.58. The van der Waals surface area contributed by atoms with Crippen LogP contribution in [0.5, 0.6) is 0 Å². The van der Waals surface area contributed by atoms with E-state index >= 15 is 0 Å². The number of nitrogens with one attached hydrogen (secondary N) is 1.